The van der Waals surface area contributed by atoms with E-state index in [-0.39, 0.29) is 12.1 Å². The molecule has 0 aliphatic heterocycles. The van der Waals surface area contributed by atoms with Crippen molar-refractivity contribution in [3.05, 3.63) is 29.3 Å². The number of likely N-dealkylation sites (N-methyl/N-ethyl adjacent to an activating group) is 1. The van der Waals surface area contributed by atoms with Crippen molar-refractivity contribution in [1.29, 1.82) is 0 Å². The van der Waals surface area contributed by atoms with Gasteiger partial charge in [0, 0.05) is 19.3 Å². The molecular formula is C18H31N3O2. The van der Waals surface area contributed by atoms with Gasteiger partial charge in [0.25, 0.3) is 0 Å². The Kier molecular flexibility index (Phi) is 6.45. The van der Waals surface area contributed by atoms with Gasteiger partial charge in [0.2, 0.25) is 0 Å². The van der Waals surface area contributed by atoms with Gasteiger partial charge in [-0.15, -0.1) is 0 Å². The SMILES string of the molecule is Cc1ccc(N(C)C(CN)C(C)NC(=O)OC(C)(C)C)c(C)c1. The third kappa shape index (κ3) is 5.75. The Morgan fingerprint density at radius 2 is 1.96 bits per heavy atom. The smallest absolute Gasteiger partial charge is 0.407 e. The standard InChI is InChI=1S/C18H31N3O2/c1-12-8-9-15(13(2)10-12)21(7)16(11-19)14(3)20-17(22)23-18(4,5)6/h8-10,14,16H,11,19H2,1-7H3,(H,20,22). The molecule has 0 aromatic heterocycles. The summed E-state index contributed by atoms with van der Waals surface area (Å²) in [7, 11) is 2.00. The topological polar surface area (TPSA) is 67.6 Å². The number of benzene rings is 1. The number of amides is 1. The first-order chi connectivity index (χ1) is 10.5. The maximum absolute atomic E-state index is 12.0. The molecule has 5 heteroatoms. The second-order valence-corrected chi connectivity index (χ2v) is 7.14. The first-order valence-electron chi connectivity index (χ1n) is 8.05. The average Bonchev–Trinajstić information content (AvgIpc) is 2.36. The Hall–Kier alpha value is -1.75. The lowest BCUT2D eigenvalue weighted by Gasteiger charge is -2.35. The van der Waals surface area contributed by atoms with E-state index in [1.165, 1.54) is 11.1 Å². The molecule has 5 nitrogen and oxygen atoms in total. The van der Waals surface area contributed by atoms with Crippen LogP contribution in [0.15, 0.2) is 18.2 Å². The Balaban J connectivity index is 2.83. The second kappa shape index (κ2) is 7.68. The fourth-order valence-electron chi connectivity index (χ4n) is 2.67. The molecular weight excluding hydrogens is 290 g/mol. The number of carbonyl (C=O) groups is 1. The van der Waals surface area contributed by atoms with Crippen molar-refractivity contribution in [2.75, 3.05) is 18.5 Å². The van der Waals surface area contributed by atoms with Crippen LogP contribution in [-0.4, -0.2) is 37.4 Å². The molecule has 1 amide bonds. The van der Waals surface area contributed by atoms with Crippen molar-refractivity contribution in [2.24, 2.45) is 5.73 Å². The van der Waals surface area contributed by atoms with E-state index < -0.39 is 11.7 Å². The minimum Gasteiger partial charge on any atom is -0.444 e. The molecule has 0 bridgehead atoms. The lowest BCUT2D eigenvalue weighted by molar-refractivity contribution is 0.0502. The number of hydrogen-bond donors (Lipinski definition) is 2. The number of carbonyl (C=O) groups excluding carboxylic acids is 1. The molecule has 23 heavy (non-hydrogen) atoms. The number of rotatable bonds is 5. The average molecular weight is 321 g/mol. The Morgan fingerprint density at radius 3 is 2.43 bits per heavy atom. The van der Waals surface area contributed by atoms with Crippen LogP contribution in [0, 0.1) is 13.8 Å². The molecule has 2 atom stereocenters. The molecule has 0 aliphatic rings. The van der Waals surface area contributed by atoms with Crippen LogP contribution >= 0.6 is 0 Å². The highest BCUT2D eigenvalue weighted by molar-refractivity contribution is 5.68. The number of ether oxygens (including phenoxy) is 1. The zero-order valence-electron chi connectivity index (χ0n) is 15.4. The fraction of sp³-hybridized carbons (Fsp3) is 0.611. The minimum absolute atomic E-state index is 0.0241. The van der Waals surface area contributed by atoms with Gasteiger partial charge in [0.1, 0.15) is 5.60 Å². The van der Waals surface area contributed by atoms with E-state index in [1.807, 2.05) is 34.7 Å². The van der Waals surface area contributed by atoms with Crippen molar-refractivity contribution in [3.63, 3.8) is 0 Å². The fourth-order valence-corrected chi connectivity index (χ4v) is 2.67. The second-order valence-electron chi connectivity index (χ2n) is 7.14. The Bertz CT molecular complexity index is 538. The van der Waals surface area contributed by atoms with E-state index in [1.54, 1.807) is 0 Å². The molecule has 1 aromatic rings. The zero-order valence-corrected chi connectivity index (χ0v) is 15.4. The maximum atomic E-state index is 12.0. The number of alkyl carbamates (subject to hydrolysis) is 1. The van der Waals surface area contributed by atoms with Crippen molar-refractivity contribution in [1.82, 2.24) is 5.32 Å². The van der Waals surface area contributed by atoms with Crippen LogP contribution in [0.1, 0.15) is 38.8 Å². The van der Waals surface area contributed by atoms with E-state index in [4.69, 9.17) is 10.5 Å². The lowest BCUT2D eigenvalue weighted by Crippen LogP contribution is -2.53. The third-order valence-electron chi connectivity index (χ3n) is 3.79. The summed E-state index contributed by atoms with van der Waals surface area (Å²) in [6.45, 7) is 12.1. The summed E-state index contributed by atoms with van der Waals surface area (Å²) in [6.07, 6.45) is -0.419. The molecule has 1 aromatic carbocycles. The van der Waals surface area contributed by atoms with Gasteiger partial charge in [-0.2, -0.15) is 0 Å². The van der Waals surface area contributed by atoms with E-state index in [9.17, 15) is 4.79 Å². The van der Waals surface area contributed by atoms with Gasteiger partial charge in [-0.05, 0) is 53.2 Å². The van der Waals surface area contributed by atoms with Crippen LogP contribution in [0.2, 0.25) is 0 Å². The molecule has 3 N–H and O–H groups in total. The summed E-state index contributed by atoms with van der Waals surface area (Å²) in [5, 5.41) is 2.89. The van der Waals surface area contributed by atoms with Crippen molar-refractivity contribution in [2.45, 2.75) is 59.2 Å². The summed E-state index contributed by atoms with van der Waals surface area (Å²) in [5.41, 5.74) is 8.98. The van der Waals surface area contributed by atoms with Crippen molar-refractivity contribution >= 4 is 11.8 Å². The van der Waals surface area contributed by atoms with E-state index >= 15 is 0 Å². The Morgan fingerprint density at radius 1 is 1.35 bits per heavy atom. The largest absolute Gasteiger partial charge is 0.444 e. The van der Waals surface area contributed by atoms with Crippen molar-refractivity contribution < 1.29 is 9.53 Å². The summed E-state index contributed by atoms with van der Waals surface area (Å²) in [6, 6.07) is 6.15. The van der Waals surface area contributed by atoms with Crippen LogP contribution in [0.25, 0.3) is 0 Å². The van der Waals surface area contributed by atoms with Crippen LogP contribution in [0.3, 0.4) is 0 Å². The number of anilines is 1. The molecule has 0 saturated heterocycles. The summed E-state index contributed by atoms with van der Waals surface area (Å²) in [4.78, 5) is 14.1. The number of nitrogens with one attached hydrogen (secondary N) is 1. The van der Waals surface area contributed by atoms with Gasteiger partial charge in [-0.1, -0.05) is 17.7 Å². The molecule has 0 aliphatic carbocycles. The number of aryl methyl sites for hydroxylation is 2. The highest BCUT2D eigenvalue weighted by Crippen LogP contribution is 2.22. The van der Waals surface area contributed by atoms with Crippen LogP contribution < -0.4 is 16.0 Å². The van der Waals surface area contributed by atoms with Crippen LogP contribution in [0.4, 0.5) is 10.5 Å². The van der Waals surface area contributed by atoms with E-state index in [0.717, 1.165) is 5.69 Å². The van der Waals surface area contributed by atoms with Gasteiger partial charge in [-0.3, -0.25) is 0 Å². The minimum atomic E-state index is -0.512. The molecule has 0 saturated carbocycles. The molecule has 0 spiro atoms. The monoisotopic (exact) mass is 321 g/mol. The van der Waals surface area contributed by atoms with Gasteiger partial charge in [0.15, 0.2) is 0 Å². The maximum Gasteiger partial charge on any atom is 0.407 e. The summed E-state index contributed by atoms with van der Waals surface area (Å²) < 4.78 is 5.32. The van der Waals surface area contributed by atoms with Gasteiger partial charge in [-0.25, -0.2) is 4.79 Å². The first kappa shape index (κ1) is 19.3. The van der Waals surface area contributed by atoms with Gasteiger partial charge < -0.3 is 20.7 Å². The van der Waals surface area contributed by atoms with E-state index in [2.05, 4.69) is 42.3 Å². The Labute approximate surface area is 140 Å². The molecule has 130 valence electrons. The highest BCUT2D eigenvalue weighted by atomic mass is 16.6. The quantitative estimate of drug-likeness (QED) is 0.875. The number of hydrogen-bond acceptors (Lipinski definition) is 4. The van der Waals surface area contributed by atoms with Crippen LogP contribution in [0.5, 0.6) is 0 Å². The molecule has 1 rings (SSSR count). The van der Waals surface area contributed by atoms with Crippen molar-refractivity contribution in [3.8, 4) is 0 Å². The molecule has 0 heterocycles. The lowest BCUT2D eigenvalue weighted by atomic mass is 10.0. The van der Waals surface area contributed by atoms with Gasteiger partial charge >= 0.3 is 6.09 Å². The first-order valence-corrected chi connectivity index (χ1v) is 8.05. The molecule has 0 radical (unpaired) electrons. The third-order valence-corrected chi connectivity index (χ3v) is 3.79. The molecule has 2 unspecified atom stereocenters. The van der Waals surface area contributed by atoms with Crippen LogP contribution in [-0.2, 0) is 4.74 Å². The predicted molar refractivity (Wildman–Crippen MR) is 96.0 cm³/mol. The summed E-state index contributed by atoms with van der Waals surface area (Å²) in [5.74, 6) is 0. The number of nitrogens with two attached hydrogens (primary N) is 1. The zero-order chi connectivity index (χ0) is 17.8. The predicted octanol–water partition coefficient (Wildman–Crippen LogP) is 2.98. The highest BCUT2D eigenvalue weighted by Gasteiger charge is 2.25. The van der Waals surface area contributed by atoms with Gasteiger partial charge in [0.05, 0.1) is 12.1 Å². The van der Waals surface area contributed by atoms with E-state index in [0.29, 0.717) is 6.54 Å². The number of nitrogens with zero attached hydrogens (tertiary/aromatic N) is 1. The summed E-state index contributed by atoms with van der Waals surface area (Å²) >= 11 is 0. The molecule has 0 fully saturated rings. The normalized spacial score (nSPS) is 14.1.